The lowest BCUT2D eigenvalue weighted by atomic mass is 9.90. The molecule has 3 rings (SSSR count). The predicted octanol–water partition coefficient (Wildman–Crippen LogP) is 0.662. The number of carbonyl (C=O) groups is 2. The van der Waals surface area contributed by atoms with Crippen molar-refractivity contribution in [1.29, 1.82) is 0 Å². The SMILES string of the molecule is CCC1C(=O)NC2(CCCC2)C(=O)N1CCc1ncno1. The van der Waals surface area contributed by atoms with Crippen LogP contribution in [0.3, 0.4) is 0 Å². The van der Waals surface area contributed by atoms with Gasteiger partial charge in [0.15, 0.2) is 6.33 Å². The van der Waals surface area contributed by atoms with Crippen LogP contribution in [0.4, 0.5) is 0 Å². The summed E-state index contributed by atoms with van der Waals surface area (Å²) in [5.74, 6) is 0.500. The molecule has 1 aliphatic heterocycles. The molecular formula is C14H20N4O3. The molecule has 114 valence electrons. The Morgan fingerprint density at radius 3 is 2.81 bits per heavy atom. The van der Waals surface area contributed by atoms with Crippen LogP contribution in [-0.2, 0) is 16.0 Å². The first-order chi connectivity index (χ1) is 10.2. The minimum atomic E-state index is -0.669. The normalized spacial score (nSPS) is 24.6. The van der Waals surface area contributed by atoms with Crippen molar-refractivity contribution < 1.29 is 14.1 Å². The van der Waals surface area contributed by atoms with E-state index in [-0.39, 0.29) is 11.8 Å². The van der Waals surface area contributed by atoms with E-state index in [0.29, 0.717) is 25.3 Å². The molecule has 1 aromatic heterocycles. The first-order valence-electron chi connectivity index (χ1n) is 7.55. The van der Waals surface area contributed by atoms with Crippen LogP contribution in [0.2, 0.25) is 0 Å². The molecular weight excluding hydrogens is 272 g/mol. The van der Waals surface area contributed by atoms with Crippen LogP contribution in [0, 0.1) is 0 Å². The van der Waals surface area contributed by atoms with E-state index in [0.717, 1.165) is 25.7 Å². The van der Waals surface area contributed by atoms with E-state index in [4.69, 9.17) is 4.52 Å². The van der Waals surface area contributed by atoms with Crippen LogP contribution < -0.4 is 5.32 Å². The second-order valence-electron chi connectivity index (χ2n) is 5.79. The lowest BCUT2D eigenvalue weighted by molar-refractivity contribution is -0.155. The molecule has 7 nitrogen and oxygen atoms in total. The summed E-state index contributed by atoms with van der Waals surface area (Å²) in [6.07, 6.45) is 5.88. The minimum Gasteiger partial charge on any atom is -0.340 e. The summed E-state index contributed by atoms with van der Waals surface area (Å²) in [6.45, 7) is 2.36. The number of aromatic nitrogens is 2. The maximum Gasteiger partial charge on any atom is 0.249 e. The fourth-order valence-corrected chi connectivity index (χ4v) is 3.43. The molecule has 2 heterocycles. The van der Waals surface area contributed by atoms with E-state index >= 15 is 0 Å². The van der Waals surface area contributed by atoms with Gasteiger partial charge in [0.2, 0.25) is 17.7 Å². The Morgan fingerprint density at radius 2 is 2.19 bits per heavy atom. The molecule has 1 spiro atoms. The Labute approximate surface area is 123 Å². The lowest BCUT2D eigenvalue weighted by Gasteiger charge is -2.44. The van der Waals surface area contributed by atoms with Gasteiger partial charge in [0.25, 0.3) is 0 Å². The third-order valence-corrected chi connectivity index (χ3v) is 4.53. The van der Waals surface area contributed by atoms with Gasteiger partial charge in [-0.15, -0.1) is 0 Å². The standard InChI is InChI=1S/C14H20N4O3/c1-2-10-12(19)17-14(6-3-4-7-14)13(20)18(10)8-5-11-15-9-16-21-11/h9-10H,2-8H2,1H3,(H,17,19). The molecule has 1 atom stereocenters. The molecule has 1 N–H and O–H groups in total. The van der Waals surface area contributed by atoms with Crippen LogP contribution in [0.5, 0.6) is 0 Å². The highest BCUT2D eigenvalue weighted by Crippen LogP contribution is 2.35. The van der Waals surface area contributed by atoms with E-state index in [2.05, 4.69) is 15.5 Å². The highest BCUT2D eigenvalue weighted by molar-refractivity contribution is 6.00. The smallest absolute Gasteiger partial charge is 0.249 e. The third kappa shape index (κ3) is 2.41. The number of rotatable bonds is 4. The molecule has 0 radical (unpaired) electrons. The van der Waals surface area contributed by atoms with E-state index in [1.807, 2.05) is 6.92 Å². The molecule has 1 saturated carbocycles. The van der Waals surface area contributed by atoms with E-state index < -0.39 is 11.6 Å². The van der Waals surface area contributed by atoms with Gasteiger partial charge >= 0.3 is 0 Å². The summed E-state index contributed by atoms with van der Waals surface area (Å²) in [4.78, 5) is 30.9. The molecule has 0 bridgehead atoms. The number of piperazine rings is 1. The van der Waals surface area contributed by atoms with Gasteiger partial charge in [-0.1, -0.05) is 24.9 Å². The summed E-state index contributed by atoms with van der Waals surface area (Å²) in [5.41, 5.74) is -0.669. The van der Waals surface area contributed by atoms with Gasteiger partial charge in [0.1, 0.15) is 11.6 Å². The fourth-order valence-electron chi connectivity index (χ4n) is 3.43. The third-order valence-electron chi connectivity index (χ3n) is 4.53. The van der Waals surface area contributed by atoms with E-state index in [1.165, 1.54) is 6.33 Å². The summed E-state index contributed by atoms with van der Waals surface area (Å²) in [6, 6.07) is -0.397. The van der Waals surface area contributed by atoms with E-state index in [1.54, 1.807) is 4.90 Å². The zero-order valence-corrected chi connectivity index (χ0v) is 12.2. The largest absolute Gasteiger partial charge is 0.340 e. The number of hydrogen-bond donors (Lipinski definition) is 1. The monoisotopic (exact) mass is 292 g/mol. The van der Waals surface area contributed by atoms with Crippen molar-refractivity contribution >= 4 is 11.8 Å². The zero-order chi connectivity index (χ0) is 14.9. The first-order valence-corrected chi connectivity index (χ1v) is 7.55. The summed E-state index contributed by atoms with van der Waals surface area (Å²) >= 11 is 0. The van der Waals surface area contributed by atoms with Gasteiger partial charge in [-0.2, -0.15) is 4.98 Å². The van der Waals surface area contributed by atoms with Crippen molar-refractivity contribution in [3.05, 3.63) is 12.2 Å². The molecule has 0 aromatic carbocycles. The molecule has 7 heteroatoms. The van der Waals surface area contributed by atoms with Crippen LogP contribution >= 0.6 is 0 Å². The van der Waals surface area contributed by atoms with Crippen molar-refractivity contribution in [2.75, 3.05) is 6.54 Å². The van der Waals surface area contributed by atoms with Gasteiger partial charge < -0.3 is 14.7 Å². The minimum absolute atomic E-state index is 0.0375. The highest BCUT2D eigenvalue weighted by Gasteiger charge is 2.51. The Kier molecular flexibility index (Phi) is 3.65. The average molecular weight is 292 g/mol. The molecule has 1 unspecified atom stereocenters. The van der Waals surface area contributed by atoms with Crippen LogP contribution in [-0.4, -0.2) is 45.0 Å². The van der Waals surface area contributed by atoms with Gasteiger partial charge in [0, 0.05) is 13.0 Å². The fraction of sp³-hybridized carbons (Fsp3) is 0.714. The molecule has 1 saturated heterocycles. The number of hydrogen-bond acceptors (Lipinski definition) is 5. The topological polar surface area (TPSA) is 88.3 Å². The molecule has 21 heavy (non-hydrogen) atoms. The van der Waals surface area contributed by atoms with Crippen molar-refractivity contribution in [2.45, 2.75) is 57.0 Å². The molecule has 2 aliphatic rings. The summed E-state index contributed by atoms with van der Waals surface area (Å²) in [5, 5.41) is 6.55. The van der Waals surface area contributed by atoms with Gasteiger partial charge in [-0.05, 0) is 19.3 Å². The molecule has 1 aromatic rings. The van der Waals surface area contributed by atoms with Crippen molar-refractivity contribution in [3.8, 4) is 0 Å². The quantitative estimate of drug-likeness (QED) is 0.880. The van der Waals surface area contributed by atoms with Gasteiger partial charge in [-0.3, -0.25) is 9.59 Å². The molecule has 1 aliphatic carbocycles. The number of nitrogens with one attached hydrogen (secondary N) is 1. The van der Waals surface area contributed by atoms with Crippen molar-refractivity contribution in [2.24, 2.45) is 0 Å². The zero-order valence-electron chi connectivity index (χ0n) is 12.2. The summed E-state index contributed by atoms with van der Waals surface area (Å²) in [7, 11) is 0. The second-order valence-corrected chi connectivity index (χ2v) is 5.79. The Morgan fingerprint density at radius 1 is 1.43 bits per heavy atom. The van der Waals surface area contributed by atoms with Crippen molar-refractivity contribution in [3.63, 3.8) is 0 Å². The van der Waals surface area contributed by atoms with Gasteiger partial charge in [0.05, 0.1) is 0 Å². The predicted molar refractivity (Wildman–Crippen MR) is 73.1 cm³/mol. The van der Waals surface area contributed by atoms with Crippen LogP contribution in [0.25, 0.3) is 0 Å². The molecule has 2 amide bonds. The number of carbonyl (C=O) groups excluding carboxylic acids is 2. The highest BCUT2D eigenvalue weighted by atomic mass is 16.5. The second kappa shape index (κ2) is 5.46. The average Bonchev–Trinajstić information content (AvgIpc) is 3.13. The lowest BCUT2D eigenvalue weighted by Crippen LogP contribution is -2.69. The Balaban J connectivity index is 1.79. The first kappa shape index (κ1) is 14.0. The van der Waals surface area contributed by atoms with Gasteiger partial charge in [-0.25, -0.2) is 0 Å². The van der Waals surface area contributed by atoms with E-state index in [9.17, 15) is 9.59 Å². The van der Waals surface area contributed by atoms with Crippen LogP contribution in [0.15, 0.2) is 10.9 Å². The molecule has 2 fully saturated rings. The van der Waals surface area contributed by atoms with Crippen LogP contribution in [0.1, 0.15) is 44.9 Å². The Hall–Kier alpha value is -1.92. The Bertz CT molecular complexity index is 522. The van der Waals surface area contributed by atoms with Crippen molar-refractivity contribution in [1.82, 2.24) is 20.4 Å². The number of amides is 2. The maximum atomic E-state index is 12.9. The summed E-state index contributed by atoms with van der Waals surface area (Å²) < 4.78 is 4.97. The maximum absolute atomic E-state index is 12.9. The number of nitrogens with zero attached hydrogens (tertiary/aromatic N) is 3.